The molecule has 0 radical (unpaired) electrons. The van der Waals surface area contributed by atoms with Crippen LogP contribution in [0.3, 0.4) is 0 Å². The molecule has 0 fully saturated rings. The molecule has 0 bridgehead atoms. The first-order chi connectivity index (χ1) is 5.16. The van der Waals surface area contributed by atoms with Crippen molar-refractivity contribution in [3.63, 3.8) is 0 Å². The molecule has 64 valence electrons. The number of nitrogens with zero attached hydrogens (tertiary/aromatic N) is 1. The van der Waals surface area contributed by atoms with Crippen LogP contribution in [0.15, 0.2) is 0 Å². The van der Waals surface area contributed by atoms with Crippen LogP contribution >= 0.6 is 0 Å². The molecular formula is C10H17N-2. The molecule has 0 aromatic carbocycles. The summed E-state index contributed by atoms with van der Waals surface area (Å²) in [6, 6.07) is 0. The molecule has 0 spiro atoms. The van der Waals surface area contributed by atoms with Gasteiger partial charge in [-0.3, -0.25) is 6.57 Å². The predicted molar refractivity (Wildman–Crippen MR) is 48.4 cm³/mol. The molecule has 0 amide bonds. The van der Waals surface area contributed by atoms with E-state index in [9.17, 15) is 0 Å². The van der Waals surface area contributed by atoms with Gasteiger partial charge in [-0.25, -0.2) is 0 Å². The Balaban J connectivity index is 3.23. The van der Waals surface area contributed by atoms with Gasteiger partial charge in [0.1, 0.15) is 0 Å². The summed E-state index contributed by atoms with van der Waals surface area (Å²) in [6.45, 7) is 14.8. The summed E-state index contributed by atoms with van der Waals surface area (Å²) in [7, 11) is 0. The average Bonchev–Trinajstić information content (AvgIpc) is 1.97. The van der Waals surface area contributed by atoms with E-state index in [1.807, 2.05) is 0 Å². The van der Waals surface area contributed by atoms with Gasteiger partial charge in [-0.05, 0) is 6.54 Å². The lowest BCUT2D eigenvalue weighted by Crippen LogP contribution is -1.97. The van der Waals surface area contributed by atoms with Crippen molar-refractivity contribution in [1.29, 1.82) is 0 Å². The van der Waals surface area contributed by atoms with E-state index >= 15 is 0 Å². The predicted octanol–water partition coefficient (Wildman–Crippen LogP) is 3.34. The van der Waals surface area contributed by atoms with E-state index < -0.39 is 0 Å². The second-order valence-electron chi connectivity index (χ2n) is 3.37. The van der Waals surface area contributed by atoms with Crippen LogP contribution in [0, 0.1) is 31.4 Å². The SMILES string of the molecule is [C-]#[N+][CH-]CC(C)C[CH-]C(C)C. The Morgan fingerprint density at radius 3 is 2.36 bits per heavy atom. The topological polar surface area (TPSA) is 4.36 Å². The van der Waals surface area contributed by atoms with E-state index in [-0.39, 0.29) is 0 Å². The van der Waals surface area contributed by atoms with Crippen molar-refractivity contribution in [3.05, 3.63) is 24.4 Å². The van der Waals surface area contributed by atoms with Crippen molar-refractivity contribution >= 4 is 0 Å². The minimum atomic E-state index is 0.631. The molecular weight excluding hydrogens is 134 g/mol. The molecule has 0 aliphatic carbocycles. The maximum Gasteiger partial charge on any atom is -0.0408 e. The fourth-order valence-electron chi connectivity index (χ4n) is 0.833. The molecule has 0 saturated heterocycles. The first-order valence-electron chi connectivity index (χ1n) is 4.18. The summed E-state index contributed by atoms with van der Waals surface area (Å²) in [5.74, 6) is 1.30. The van der Waals surface area contributed by atoms with E-state index in [4.69, 9.17) is 6.57 Å². The molecule has 0 N–H and O–H groups in total. The highest BCUT2D eigenvalue weighted by Gasteiger charge is 1.92. The normalized spacial score (nSPS) is 12.6. The second kappa shape index (κ2) is 6.09. The lowest BCUT2D eigenvalue weighted by molar-refractivity contribution is 0.533. The van der Waals surface area contributed by atoms with Gasteiger partial charge in [0.05, 0.1) is 0 Å². The summed E-state index contributed by atoms with van der Waals surface area (Å²) in [6.07, 6.45) is 4.36. The number of hydrogen-bond donors (Lipinski definition) is 0. The highest BCUT2D eigenvalue weighted by molar-refractivity contribution is 4.80. The van der Waals surface area contributed by atoms with E-state index in [1.165, 1.54) is 0 Å². The Kier molecular flexibility index (Phi) is 5.74. The summed E-state index contributed by atoms with van der Waals surface area (Å²) in [4.78, 5) is 3.21. The van der Waals surface area contributed by atoms with Crippen LogP contribution in [-0.2, 0) is 0 Å². The zero-order valence-corrected chi connectivity index (χ0v) is 7.67. The zero-order valence-electron chi connectivity index (χ0n) is 7.67. The third kappa shape index (κ3) is 7.25. The van der Waals surface area contributed by atoms with Gasteiger partial charge in [-0.1, -0.05) is 33.1 Å². The van der Waals surface area contributed by atoms with Gasteiger partial charge in [0.25, 0.3) is 0 Å². The Morgan fingerprint density at radius 2 is 1.91 bits per heavy atom. The monoisotopic (exact) mass is 151 g/mol. The first-order valence-corrected chi connectivity index (χ1v) is 4.18. The molecule has 0 aromatic rings. The van der Waals surface area contributed by atoms with Crippen molar-refractivity contribution < 1.29 is 0 Å². The lowest BCUT2D eigenvalue weighted by Gasteiger charge is -2.21. The Bertz CT molecular complexity index is 121. The van der Waals surface area contributed by atoms with E-state index in [0.717, 1.165) is 12.8 Å². The van der Waals surface area contributed by atoms with E-state index in [0.29, 0.717) is 11.8 Å². The average molecular weight is 151 g/mol. The van der Waals surface area contributed by atoms with Crippen LogP contribution in [-0.4, -0.2) is 0 Å². The first kappa shape index (κ1) is 10.4. The standard InChI is InChI=1S/C10H17N/c1-9(2)5-6-10(3)7-8-11-4/h5,8-10H,6-7H2,1-3H3/q-2. The summed E-state index contributed by atoms with van der Waals surface area (Å²) in [5, 5.41) is 0. The molecule has 0 aromatic heterocycles. The fourth-order valence-corrected chi connectivity index (χ4v) is 0.833. The van der Waals surface area contributed by atoms with Crippen LogP contribution in [0.1, 0.15) is 33.6 Å². The van der Waals surface area contributed by atoms with Gasteiger partial charge >= 0.3 is 0 Å². The smallest absolute Gasteiger partial charge is 0.0408 e. The van der Waals surface area contributed by atoms with Crippen LogP contribution < -0.4 is 0 Å². The van der Waals surface area contributed by atoms with Crippen LogP contribution in [0.5, 0.6) is 0 Å². The van der Waals surface area contributed by atoms with Crippen molar-refractivity contribution in [1.82, 2.24) is 0 Å². The third-order valence-corrected chi connectivity index (χ3v) is 1.61. The second-order valence-corrected chi connectivity index (χ2v) is 3.37. The molecule has 0 aliphatic heterocycles. The molecule has 1 nitrogen and oxygen atoms in total. The van der Waals surface area contributed by atoms with Gasteiger partial charge < -0.3 is 11.3 Å². The molecule has 1 unspecified atom stereocenters. The molecule has 0 rings (SSSR count). The van der Waals surface area contributed by atoms with Gasteiger partial charge in [-0.2, -0.15) is 12.3 Å². The van der Waals surface area contributed by atoms with Gasteiger partial charge in [0, 0.05) is 0 Å². The maximum atomic E-state index is 6.57. The Labute approximate surface area is 70.6 Å². The maximum absolute atomic E-state index is 6.57. The largest absolute Gasteiger partial charge is 0.461 e. The van der Waals surface area contributed by atoms with Crippen molar-refractivity contribution in [3.8, 4) is 0 Å². The summed E-state index contributed by atoms with van der Waals surface area (Å²) in [5.41, 5.74) is 0. The highest BCUT2D eigenvalue weighted by atomic mass is 14.6. The number of hydrogen-bond acceptors (Lipinski definition) is 0. The molecule has 0 aliphatic rings. The van der Waals surface area contributed by atoms with Gasteiger partial charge in [0.2, 0.25) is 0 Å². The molecule has 0 saturated carbocycles. The van der Waals surface area contributed by atoms with E-state index in [2.05, 4.69) is 32.0 Å². The minimum Gasteiger partial charge on any atom is -0.461 e. The summed E-state index contributed by atoms with van der Waals surface area (Å²) >= 11 is 0. The quantitative estimate of drug-likeness (QED) is 0.531. The molecule has 11 heavy (non-hydrogen) atoms. The molecule has 1 heteroatoms. The zero-order chi connectivity index (χ0) is 8.69. The van der Waals surface area contributed by atoms with Crippen molar-refractivity contribution in [2.45, 2.75) is 33.6 Å². The van der Waals surface area contributed by atoms with Crippen molar-refractivity contribution in [2.75, 3.05) is 0 Å². The van der Waals surface area contributed by atoms with Crippen molar-refractivity contribution in [2.24, 2.45) is 11.8 Å². The Hall–Kier alpha value is -0.640. The van der Waals surface area contributed by atoms with Crippen LogP contribution in [0.2, 0.25) is 0 Å². The van der Waals surface area contributed by atoms with Gasteiger partial charge in [0.15, 0.2) is 0 Å². The Morgan fingerprint density at radius 1 is 1.27 bits per heavy atom. The van der Waals surface area contributed by atoms with Gasteiger partial charge in [-0.15, -0.1) is 0 Å². The lowest BCUT2D eigenvalue weighted by atomic mass is 9.97. The number of rotatable bonds is 5. The van der Waals surface area contributed by atoms with Crippen LogP contribution in [0.25, 0.3) is 4.85 Å². The minimum absolute atomic E-state index is 0.631. The fraction of sp³-hybridized carbons (Fsp3) is 0.700. The molecule has 1 atom stereocenters. The molecule has 0 heterocycles. The van der Waals surface area contributed by atoms with E-state index in [1.54, 1.807) is 6.54 Å². The third-order valence-electron chi connectivity index (χ3n) is 1.61. The summed E-state index contributed by atoms with van der Waals surface area (Å²) < 4.78 is 0. The van der Waals surface area contributed by atoms with Crippen LogP contribution in [0.4, 0.5) is 0 Å². The highest BCUT2D eigenvalue weighted by Crippen LogP contribution is 2.14.